The van der Waals surface area contributed by atoms with Crippen molar-refractivity contribution in [3.8, 4) is 11.5 Å². The van der Waals surface area contributed by atoms with Gasteiger partial charge in [-0.25, -0.2) is 8.42 Å². The Kier molecular flexibility index (Phi) is 7.45. The lowest BCUT2D eigenvalue weighted by Crippen LogP contribution is -2.38. The van der Waals surface area contributed by atoms with Crippen LogP contribution in [0.1, 0.15) is 12.8 Å². The van der Waals surface area contributed by atoms with E-state index in [0.29, 0.717) is 17.1 Å². The molecule has 0 radical (unpaired) electrons. The number of carbonyl (C=O) groups excluding carboxylic acids is 1. The van der Waals surface area contributed by atoms with Crippen LogP contribution in [-0.4, -0.2) is 48.2 Å². The number of hydrogen-bond acceptors (Lipinski definition) is 6. The molecule has 1 N–H and O–H groups in total. The van der Waals surface area contributed by atoms with Crippen molar-refractivity contribution >= 4 is 33.0 Å². The molecule has 3 aromatic rings. The first kappa shape index (κ1) is 24.4. The molecule has 1 heterocycles. The molecule has 184 valence electrons. The minimum Gasteiger partial charge on any atom is -0.493 e. The number of nitrogens with zero attached hydrogens (tertiary/aromatic N) is 2. The number of ether oxygens (including phenoxy) is 2. The highest BCUT2D eigenvalue weighted by Gasteiger charge is 2.28. The lowest BCUT2D eigenvalue weighted by molar-refractivity contribution is -0.114. The zero-order valence-electron chi connectivity index (χ0n) is 19.8. The van der Waals surface area contributed by atoms with Crippen molar-refractivity contribution in [2.24, 2.45) is 0 Å². The molecule has 0 bridgehead atoms. The van der Waals surface area contributed by atoms with Crippen LogP contribution in [-0.2, 0) is 14.8 Å². The van der Waals surface area contributed by atoms with Crippen LogP contribution in [0.5, 0.6) is 11.5 Å². The third-order valence-corrected chi connectivity index (χ3v) is 7.67. The molecular weight excluding hydrogens is 466 g/mol. The maximum atomic E-state index is 13.6. The second kappa shape index (κ2) is 10.7. The molecule has 9 heteroatoms. The van der Waals surface area contributed by atoms with Gasteiger partial charge in [-0.05, 0) is 61.4 Å². The number of rotatable bonds is 9. The summed E-state index contributed by atoms with van der Waals surface area (Å²) in [5, 5.41) is 2.82. The summed E-state index contributed by atoms with van der Waals surface area (Å²) in [5.74, 6) is 0.240. The molecule has 1 amide bonds. The molecule has 8 nitrogen and oxygen atoms in total. The fourth-order valence-electron chi connectivity index (χ4n) is 4.08. The van der Waals surface area contributed by atoms with Gasteiger partial charge in [-0.1, -0.05) is 18.2 Å². The highest BCUT2D eigenvalue weighted by Crippen LogP contribution is 2.32. The number of sulfonamides is 1. The van der Waals surface area contributed by atoms with E-state index in [9.17, 15) is 13.2 Å². The van der Waals surface area contributed by atoms with Crippen LogP contribution in [0.15, 0.2) is 77.7 Å². The minimum absolute atomic E-state index is 0.0123. The summed E-state index contributed by atoms with van der Waals surface area (Å²) in [5.41, 5.74) is 2.10. The summed E-state index contributed by atoms with van der Waals surface area (Å²) in [4.78, 5) is 15.3. The Labute approximate surface area is 206 Å². The number of methoxy groups -OCH3 is 2. The van der Waals surface area contributed by atoms with Crippen LogP contribution >= 0.6 is 0 Å². The van der Waals surface area contributed by atoms with Gasteiger partial charge in [0.25, 0.3) is 10.0 Å². The predicted molar refractivity (Wildman–Crippen MR) is 137 cm³/mol. The molecule has 1 aliphatic heterocycles. The zero-order chi connectivity index (χ0) is 24.8. The summed E-state index contributed by atoms with van der Waals surface area (Å²) in [6.07, 6.45) is 2.37. The van der Waals surface area contributed by atoms with Gasteiger partial charge in [0.05, 0.1) is 24.8 Å². The lowest BCUT2D eigenvalue weighted by Gasteiger charge is -2.24. The fraction of sp³-hybridized carbons (Fsp3) is 0.269. The first-order valence-electron chi connectivity index (χ1n) is 11.4. The van der Waals surface area contributed by atoms with E-state index < -0.39 is 22.5 Å². The SMILES string of the molecule is COc1ccc(S(=O)(=O)N(CC(=O)Nc2ccc(N3CCCC3)cc2)c2ccccc2)cc1OC. The molecule has 1 aliphatic rings. The average Bonchev–Trinajstić information content (AvgIpc) is 3.43. The summed E-state index contributed by atoms with van der Waals surface area (Å²) < 4.78 is 38.8. The standard InChI is InChI=1S/C26H29N3O5S/c1-33-24-15-14-23(18-25(24)34-2)35(31,32)29(22-8-4-3-5-9-22)19-26(30)27-20-10-12-21(13-11-20)28-16-6-7-17-28/h3-5,8-15,18H,6-7,16-17,19H2,1-2H3,(H,27,30). The fourth-order valence-corrected chi connectivity index (χ4v) is 5.51. The quantitative estimate of drug-likeness (QED) is 0.480. The summed E-state index contributed by atoms with van der Waals surface area (Å²) in [7, 11) is -1.17. The molecule has 35 heavy (non-hydrogen) atoms. The van der Waals surface area contributed by atoms with E-state index >= 15 is 0 Å². The Hall–Kier alpha value is -3.72. The van der Waals surface area contributed by atoms with E-state index in [2.05, 4.69) is 10.2 Å². The number of anilines is 3. The smallest absolute Gasteiger partial charge is 0.264 e. The average molecular weight is 496 g/mol. The van der Waals surface area contributed by atoms with Gasteiger partial charge in [-0.2, -0.15) is 0 Å². The Balaban J connectivity index is 1.57. The molecule has 0 atom stereocenters. The van der Waals surface area contributed by atoms with Crippen LogP contribution in [0.4, 0.5) is 17.1 Å². The Morgan fingerprint density at radius 1 is 0.914 bits per heavy atom. The molecule has 3 aromatic carbocycles. The topological polar surface area (TPSA) is 88.2 Å². The van der Waals surface area contributed by atoms with Crippen molar-refractivity contribution in [3.05, 3.63) is 72.8 Å². The second-order valence-corrected chi connectivity index (χ2v) is 10.0. The van der Waals surface area contributed by atoms with Crippen molar-refractivity contribution in [2.45, 2.75) is 17.7 Å². The van der Waals surface area contributed by atoms with Crippen molar-refractivity contribution in [3.63, 3.8) is 0 Å². The number of benzene rings is 3. The normalized spacial score (nSPS) is 13.4. The van der Waals surface area contributed by atoms with Crippen molar-refractivity contribution in [2.75, 3.05) is 48.4 Å². The summed E-state index contributed by atoms with van der Waals surface area (Å²) in [6, 6.07) is 20.5. The van der Waals surface area contributed by atoms with E-state index in [0.717, 1.165) is 23.1 Å². The highest BCUT2D eigenvalue weighted by atomic mass is 32.2. The number of para-hydroxylation sites is 1. The Bertz CT molecular complexity index is 1260. The van der Waals surface area contributed by atoms with E-state index in [-0.39, 0.29) is 10.6 Å². The Morgan fingerprint density at radius 3 is 2.20 bits per heavy atom. The van der Waals surface area contributed by atoms with Crippen LogP contribution in [0.25, 0.3) is 0 Å². The first-order valence-corrected chi connectivity index (χ1v) is 12.8. The third kappa shape index (κ3) is 5.51. The molecule has 0 aromatic heterocycles. The van der Waals surface area contributed by atoms with Gasteiger partial charge in [-0.15, -0.1) is 0 Å². The Morgan fingerprint density at radius 2 is 1.57 bits per heavy atom. The number of carbonyl (C=O) groups is 1. The lowest BCUT2D eigenvalue weighted by atomic mass is 10.2. The van der Waals surface area contributed by atoms with Crippen LogP contribution < -0.4 is 24.0 Å². The van der Waals surface area contributed by atoms with E-state index in [1.54, 1.807) is 30.3 Å². The van der Waals surface area contributed by atoms with Crippen molar-refractivity contribution in [1.82, 2.24) is 0 Å². The monoisotopic (exact) mass is 495 g/mol. The summed E-state index contributed by atoms with van der Waals surface area (Å²) >= 11 is 0. The molecule has 1 fully saturated rings. The zero-order valence-corrected chi connectivity index (χ0v) is 20.6. The molecule has 0 saturated carbocycles. The molecule has 0 unspecified atom stereocenters. The number of nitrogens with one attached hydrogen (secondary N) is 1. The van der Waals surface area contributed by atoms with Gasteiger partial charge < -0.3 is 19.7 Å². The molecule has 4 rings (SSSR count). The number of amides is 1. The molecular formula is C26H29N3O5S. The van der Waals surface area contributed by atoms with Crippen molar-refractivity contribution in [1.29, 1.82) is 0 Å². The minimum atomic E-state index is -4.09. The molecule has 1 saturated heterocycles. The van der Waals surface area contributed by atoms with Crippen LogP contribution in [0, 0.1) is 0 Å². The van der Waals surface area contributed by atoms with Gasteiger partial charge >= 0.3 is 0 Å². The second-order valence-electron chi connectivity index (χ2n) is 8.15. The van der Waals surface area contributed by atoms with Crippen molar-refractivity contribution < 1.29 is 22.7 Å². The van der Waals surface area contributed by atoms with Crippen LogP contribution in [0.2, 0.25) is 0 Å². The van der Waals surface area contributed by atoms with Gasteiger partial charge in [0.1, 0.15) is 6.54 Å². The maximum absolute atomic E-state index is 13.6. The van der Waals surface area contributed by atoms with Gasteiger partial charge in [-0.3, -0.25) is 9.10 Å². The number of hydrogen-bond donors (Lipinski definition) is 1. The first-order chi connectivity index (χ1) is 16.9. The highest BCUT2D eigenvalue weighted by molar-refractivity contribution is 7.92. The summed E-state index contributed by atoms with van der Waals surface area (Å²) in [6.45, 7) is 1.67. The van der Waals surface area contributed by atoms with Crippen LogP contribution in [0.3, 0.4) is 0 Å². The predicted octanol–water partition coefficient (Wildman–Crippen LogP) is 4.14. The maximum Gasteiger partial charge on any atom is 0.264 e. The van der Waals surface area contributed by atoms with E-state index in [1.807, 2.05) is 24.3 Å². The van der Waals surface area contributed by atoms with E-state index in [1.165, 1.54) is 45.3 Å². The van der Waals surface area contributed by atoms with Gasteiger partial charge in [0.15, 0.2) is 11.5 Å². The molecule has 0 aliphatic carbocycles. The molecule has 0 spiro atoms. The van der Waals surface area contributed by atoms with Gasteiger partial charge in [0, 0.05) is 30.5 Å². The van der Waals surface area contributed by atoms with Gasteiger partial charge in [0.2, 0.25) is 5.91 Å². The third-order valence-electron chi connectivity index (χ3n) is 5.90. The largest absolute Gasteiger partial charge is 0.493 e. The van der Waals surface area contributed by atoms with E-state index in [4.69, 9.17) is 9.47 Å².